The van der Waals surface area contributed by atoms with E-state index in [1.807, 2.05) is 0 Å². The summed E-state index contributed by atoms with van der Waals surface area (Å²) in [6.07, 6.45) is 0. The van der Waals surface area contributed by atoms with Crippen LogP contribution in [0, 0.1) is 0 Å². The molecular formula is C24H18N2O5S. The lowest BCUT2D eigenvalue weighted by Gasteiger charge is -2.14. The Hall–Kier alpha value is -4.04. The van der Waals surface area contributed by atoms with E-state index in [1.54, 1.807) is 66.7 Å². The SMILES string of the molecule is COc1ccc(C(=O)/C(=C(/C(=O)O)c2ccc3nsnc3c2)c2ccc(OC)cc2)cc1. The summed E-state index contributed by atoms with van der Waals surface area (Å²) in [5.74, 6) is -0.458. The first-order valence-electron chi connectivity index (χ1n) is 9.55. The normalized spacial score (nSPS) is 11.7. The van der Waals surface area contributed by atoms with E-state index in [0.29, 0.717) is 39.2 Å². The van der Waals surface area contributed by atoms with E-state index < -0.39 is 11.8 Å². The zero-order chi connectivity index (χ0) is 22.7. The summed E-state index contributed by atoms with van der Waals surface area (Å²) in [7, 11) is 3.07. The molecule has 0 radical (unpaired) electrons. The molecule has 32 heavy (non-hydrogen) atoms. The van der Waals surface area contributed by atoms with Gasteiger partial charge in [-0.2, -0.15) is 8.75 Å². The summed E-state index contributed by atoms with van der Waals surface area (Å²) in [6.45, 7) is 0. The highest BCUT2D eigenvalue weighted by Crippen LogP contribution is 2.32. The average Bonchev–Trinajstić information content (AvgIpc) is 3.30. The first-order chi connectivity index (χ1) is 15.5. The maximum Gasteiger partial charge on any atom is 0.337 e. The van der Waals surface area contributed by atoms with Crippen molar-refractivity contribution in [1.82, 2.24) is 8.75 Å². The molecule has 0 bridgehead atoms. The monoisotopic (exact) mass is 446 g/mol. The molecular weight excluding hydrogens is 428 g/mol. The molecule has 0 atom stereocenters. The molecule has 0 unspecified atom stereocenters. The van der Waals surface area contributed by atoms with Crippen LogP contribution in [0.3, 0.4) is 0 Å². The van der Waals surface area contributed by atoms with Crippen LogP contribution >= 0.6 is 11.7 Å². The highest BCUT2D eigenvalue weighted by molar-refractivity contribution is 7.00. The van der Waals surface area contributed by atoms with Gasteiger partial charge in [-0.05, 0) is 59.7 Å². The Balaban J connectivity index is 1.96. The van der Waals surface area contributed by atoms with Crippen molar-refractivity contribution in [2.24, 2.45) is 0 Å². The molecule has 0 amide bonds. The van der Waals surface area contributed by atoms with Crippen molar-refractivity contribution in [1.29, 1.82) is 0 Å². The van der Waals surface area contributed by atoms with Crippen LogP contribution in [0.5, 0.6) is 11.5 Å². The van der Waals surface area contributed by atoms with Gasteiger partial charge in [0.15, 0.2) is 5.78 Å². The van der Waals surface area contributed by atoms with Gasteiger partial charge in [0, 0.05) is 11.1 Å². The van der Waals surface area contributed by atoms with Crippen LogP contribution in [0.25, 0.3) is 22.2 Å². The maximum absolute atomic E-state index is 13.6. The van der Waals surface area contributed by atoms with Crippen molar-refractivity contribution < 1.29 is 24.2 Å². The van der Waals surface area contributed by atoms with Gasteiger partial charge < -0.3 is 14.6 Å². The smallest absolute Gasteiger partial charge is 0.337 e. The summed E-state index contributed by atoms with van der Waals surface area (Å²) >= 11 is 1.04. The molecule has 4 aromatic rings. The number of hydrogen-bond acceptors (Lipinski definition) is 7. The molecule has 160 valence electrons. The second-order valence-electron chi connectivity index (χ2n) is 6.81. The Bertz CT molecular complexity index is 1320. The summed E-state index contributed by atoms with van der Waals surface area (Å²) < 4.78 is 18.7. The van der Waals surface area contributed by atoms with Crippen molar-refractivity contribution in [3.05, 3.63) is 83.4 Å². The molecule has 0 saturated carbocycles. The third-order valence-electron chi connectivity index (χ3n) is 4.96. The summed E-state index contributed by atoms with van der Waals surface area (Å²) in [5.41, 5.74) is 2.34. The number of rotatable bonds is 7. The van der Waals surface area contributed by atoms with Crippen molar-refractivity contribution in [3.63, 3.8) is 0 Å². The molecule has 0 fully saturated rings. The van der Waals surface area contributed by atoms with Gasteiger partial charge in [-0.15, -0.1) is 0 Å². The molecule has 0 spiro atoms. The lowest BCUT2D eigenvalue weighted by atomic mass is 9.89. The van der Waals surface area contributed by atoms with Gasteiger partial charge in [0.25, 0.3) is 0 Å². The summed E-state index contributed by atoms with van der Waals surface area (Å²) in [4.78, 5) is 26.1. The number of carboxylic acids is 1. The standard InChI is InChI=1S/C24H18N2O5S/c1-30-17-8-3-14(4-9-17)21(23(27)15-5-10-18(31-2)11-6-15)22(24(28)29)16-7-12-19-20(13-16)26-32-25-19/h3-13H,1-2H3,(H,28,29)/b22-21+. The highest BCUT2D eigenvalue weighted by Gasteiger charge is 2.25. The van der Waals surface area contributed by atoms with Gasteiger partial charge in [0.1, 0.15) is 22.5 Å². The van der Waals surface area contributed by atoms with Crippen LogP contribution in [0.1, 0.15) is 21.5 Å². The largest absolute Gasteiger partial charge is 0.497 e. The third-order valence-corrected chi connectivity index (χ3v) is 5.52. The number of fused-ring (bicyclic) bond motifs is 1. The van der Waals surface area contributed by atoms with Crippen molar-refractivity contribution in [2.45, 2.75) is 0 Å². The number of carboxylic acid groups (broad SMARTS) is 1. The number of allylic oxidation sites excluding steroid dienone is 1. The van der Waals surface area contributed by atoms with Crippen LogP contribution in [0.4, 0.5) is 0 Å². The molecule has 0 saturated heterocycles. The fraction of sp³-hybridized carbons (Fsp3) is 0.0833. The van der Waals surface area contributed by atoms with E-state index >= 15 is 0 Å². The van der Waals surface area contributed by atoms with Gasteiger partial charge in [0.05, 0.1) is 31.5 Å². The first-order valence-corrected chi connectivity index (χ1v) is 10.3. The number of nitrogens with zero attached hydrogens (tertiary/aromatic N) is 2. The quantitative estimate of drug-likeness (QED) is 0.252. The van der Waals surface area contributed by atoms with Crippen LogP contribution < -0.4 is 9.47 Å². The minimum Gasteiger partial charge on any atom is -0.497 e. The predicted octanol–water partition coefficient (Wildman–Crippen LogP) is 4.59. The molecule has 0 aliphatic heterocycles. The van der Waals surface area contributed by atoms with E-state index in [-0.39, 0.29) is 11.1 Å². The minimum atomic E-state index is -1.22. The number of carbonyl (C=O) groups is 2. The zero-order valence-electron chi connectivity index (χ0n) is 17.2. The van der Waals surface area contributed by atoms with Crippen LogP contribution in [0.15, 0.2) is 66.7 Å². The highest BCUT2D eigenvalue weighted by atomic mass is 32.1. The molecule has 0 aliphatic rings. The number of aliphatic carboxylic acids is 1. The van der Waals surface area contributed by atoms with E-state index in [9.17, 15) is 14.7 Å². The molecule has 1 aromatic heterocycles. The third kappa shape index (κ3) is 4.08. The Labute approximate surface area is 187 Å². The second-order valence-corrected chi connectivity index (χ2v) is 7.34. The van der Waals surface area contributed by atoms with Gasteiger partial charge in [-0.25, -0.2) is 4.79 Å². The van der Waals surface area contributed by atoms with E-state index in [1.165, 1.54) is 14.2 Å². The number of Topliss-reactive ketones (excluding diaryl/α,β-unsaturated/α-hetero) is 1. The van der Waals surface area contributed by atoms with Crippen LogP contribution in [-0.4, -0.2) is 39.8 Å². The number of benzene rings is 3. The molecule has 1 heterocycles. The van der Waals surface area contributed by atoms with E-state index in [2.05, 4.69) is 8.75 Å². The number of carbonyl (C=O) groups excluding carboxylic acids is 1. The van der Waals surface area contributed by atoms with Gasteiger partial charge >= 0.3 is 5.97 Å². The van der Waals surface area contributed by atoms with Gasteiger partial charge in [-0.1, -0.05) is 18.2 Å². The summed E-state index contributed by atoms with van der Waals surface area (Å²) in [6, 6.07) is 18.2. The number of aromatic nitrogens is 2. The van der Waals surface area contributed by atoms with Crippen molar-refractivity contribution >= 4 is 45.7 Å². The Morgan fingerprint density at radius 2 is 1.25 bits per heavy atom. The predicted molar refractivity (Wildman–Crippen MR) is 122 cm³/mol. The number of ether oxygens (including phenoxy) is 2. The molecule has 0 aliphatic carbocycles. The Kier molecular flexibility index (Phi) is 5.96. The molecule has 3 aromatic carbocycles. The molecule has 4 rings (SSSR count). The zero-order valence-corrected chi connectivity index (χ0v) is 18.1. The molecule has 7 nitrogen and oxygen atoms in total. The lowest BCUT2D eigenvalue weighted by molar-refractivity contribution is -0.130. The van der Waals surface area contributed by atoms with Gasteiger partial charge in [0.2, 0.25) is 0 Å². The number of methoxy groups -OCH3 is 2. The fourth-order valence-corrected chi connectivity index (χ4v) is 3.86. The topological polar surface area (TPSA) is 98.6 Å². The molecule has 8 heteroatoms. The van der Waals surface area contributed by atoms with Gasteiger partial charge in [-0.3, -0.25) is 4.79 Å². The maximum atomic E-state index is 13.6. The first kappa shape index (κ1) is 21.2. The van der Waals surface area contributed by atoms with Crippen LogP contribution in [0.2, 0.25) is 0 Å². The average molecular weight is 446 g/mol. The van der Waals surface area contributed by atoms with E-state index in [0.717, 1.165) is 11.7 Å². The fourth-order valence-electron chi connectivity index (χ4n) is 3.35. The second kappa shape index (κ2) is 8.99. The summed E-state index contributed by atoms with van der Waals surface area (Å²) in [5, 5.41) is 10.2. The minimum absolute atomic E-state index is 0.0628. The van der Waals surface area contributed by atoms with Crippen LogP contribution in [-0.2, 0) is 4.79 Å². The van der Waals surface area contributed by atoms with Crippen molar-refractivity contribution in [2.75, 3.05) is 14.2 Å². The lowest BCUT2D eigenvalue weighted by Crippen LogP contribution is -2.11. The number of hydrogen-bond donors (Lipinski definition) is 1. The Morgan fingerprint density at radius 3 is 1.81 bits per heavy atom. The number of ketones is 1. The molecule has 1 N–H and O–H groups in total. The Morgan fingerprint density at radius 1 is 0.719 bits per heavy atom. The van der Waals surface area contributed by atoms with E-state index in [4.69, 9.17) is 9.47 Å². The van der Waals surface area contributed by atoms with Crippen molar-refractivity contribution in [3.8, 4) is 11.5 Å².